The Balaban J connectivity index is 1.82. The van der Waals surface area contributed by atoms with Crippen LogP contribution in [0.2, 0.25) is 10.0 Å². The normalized spacial score (nSPS) is 14.5. The number of nitrogens with zero attached hydrogens (tertiary/aromatic N) is 3. The number of halogens is 2. The zero-order chi connectivity index (χ0) is 19.7. The fraction of sp³-hybridized carbons (Fsp3) is 0.273. The van der Waals surface area contributed by atoms with Gasteiger partial charge in [-0.1, -0.05) is 47.5 Å². The molecular weight excluding hydrogens is 393 g/mol. The Bertz CT molecular complexity index is 1010. The van der Waals surface area contributed by atoms with Gasteiger partial charge in [0.25, 0.3) is 0 Å². The first-order valence-corrected chi connectivity index (χ1v) is 10.2. The number of ketones is 1. The highest BCUT2D eigenvalue weighted by Gasteiger charge is 2.25. The number of benzene rings is 2. The van der Waals surface area contributed by atoms with E-state index in [1.54, 1.807) is 4.68 Å². The van der Waals surface area contributed by atoms with Crippen LogP contribution >= 0.6 is 23.2 Å². The Morgan fingerprint density at radius 2 is 1.71 bits per heavy atom. The molecule has 2 aromatic carbocycles. The van der Waals surface area contributed by atoms with Crippen molar-refractivity contribution in [3.63, 3.8) is 0 Å². The van der Waals surface area contributed by atoms with Gasteiger partial charge < -0.3 is 0 Å². The Labute approximate surface area is 174 Å². The highest BCUT2D eigenvalue weighted by molar-refractivity contribution is 6.32. The average Bonchev–Trinajstić information content (AvgIpc) is 3.31. The molecule has 4 rings (SSSR count). The Kier molecular flexibility index (Phi) is 5.54. The van der Waals surface area contributed by atoms with E-state index < -0.39 is 0 Å². The SMILES string of the molecule is Cc1c(C(=O)CN2CCCC2)nn(-c2ccccc2Cl)c1-c1ccc(Cl)cc1. The van der Waals surface area contributed by atoms with Gasteiger partial charge in [0.2, 0.25) is 0 Å². The van der Waals surface area contributed by atoms with E-state index in [0.717, 1.165) is 48.4 Å². The van der Waals surface area contributed by atoms with Crippen molar-refractivity contribution in [3.8, 4) is 16.9 Å². The summed E-state index contributed by atoms with van der Waals surface area (Å²) in [5.74, 6) is 0.0421. The van der Waals surface area contributed by atoms with Crippen LogP contribution in [0, 0.1) is 6.92 Å². The summed E-state index contributed by atoms with van der Waals surface area (Å²) in [5.41, 5.74) is 3.89. The zero-order valence-corrected chi connectivity index (χ0v) is 17.2. The molecular formula is C22H21Cl2N3O. The molecule has 28 heavy (non-hydrogen) atoms. The summed E-state index contributed by atoms with van der Waals surface area (Å²) in [7, 11) is 0. The van der Waals surface area contributed by atoms with E-state index in [1.165, 1.54) is 0 Å². The molecule has 1 aliphatic heterocycles. The second kappa shape index (κ2) is 8.08. The first-order valence-electron chi connectivity index (χ1n) is 9.40. The summed E-state index contributed by atoms with van der Waals surface area (Å²) in [6.45, 7) is 4.29. The molecule has 1 saturated heterocycles. The quantitative estimate of drug-likeness (QED) is 0.523. The summed E-state index contributed by atoms with van der Waals surface area (Å²) in [5, 5.41) is 5.95. The van der Waals surface area contributed by atoms with Crippen LogP contribution in [0.4, 0.5) is 0 Å². The lowest BCUT2D eigenvalue weighted by molar-refractivity contribution is 0.0939. The largest absolute Gasteiger partial charge is 0.296 e. The van der Waals surface area contributed by atoms with E-state index in [0.29, 0.717) is 22.3 Å². The molecule has 0 aliphatic carbocycles. The van der Waals surface area contributed by atoms with Crippen molar-refractivity contribution < 1.29 is 4.79 Å². The van der Waals surface area contributed by atoms with E-state index in [-0.39, 0.29) is 5.78 Å². The van der Waals surface area contributed by atoms with Gasteiger partial charge in [-0.25, -0.2) is 4.68 Å². The van der Waals surface area contributed by atoms with Gasteiger partial charge >= 0.3 is 0 Å². The number of aromatic nitrogens is 2. The number of Topliss-reactive ketones (excluding diaryl/α,β-unsaturated/α-hetero) is 1. The number of rotatable bonds is 5. The van der Waals surface area contributed by atoms with Crippen molar-refractivity contribution in [1.29, 1.82) is 0 Å². The molecule has 0 spiro atoms. The Morgan fingerprint density at radius 1 is 1.04 bits per heavy atom. The van der Waals surface area contributed by atoms with Gasteiger partial charge in [0.05, 0.1) is 22.9 Å². The van der Waals surface area contributed by atoms with Gasteiger partial charge in [-0.3, -0.25) is 9.69 Å². The van der Waals surface area contributed by atoms with Gasteiger partial charge in [-0.05, 0) is 57.1 Å². The van der Waals surface area contributed by atoms with Crippen LogP contribution in [0.3, 0.4) is 0 Å². The zero-order valence-electron chi connectivity index (χ0n) is 15.7. The molecule has 0 amide bonds. The molecule has 0 atom stereocenters. The van der Waals surface area contributed by atoms with E-state index in [9.17, 15) is 4.79 Å². The number of likely N-dealkylation sites (tertiary alicyclic amines) is 1. The maximum atomic E-state index is 13.0. The summed E-state index contributed by atoms with van der Waals surface area (Å²) in [6, 6.07) is 15.1. The van der Waals surface area contributed by atoms with E-state index in [1.807, 2.05) is 55.5 Å². The molecule has 4 nitrogen and oxygen atoms in total. The first-order chi connectivity index (χ1) is 13.5. The lowest BCUT2D eigenvalue weighted by Gasteiger charge is -2.12. The minimum atomic E-state index is 0.0421. The highest BCUT2D eigenvalue weighted by atomic mass is 35.5. The van der Waals surface area contributed by atoms with Crippen LogP contribution in [-0.4, -0.2) is 40.1 Å². The summed E-state index contributed by atoms with van der Waals surface area (Å²) < 4.78 is 1.78. The molecule has 0 radical (unpaired) electrons. The third-order valence-corrected chi connectivity index (χ3v) is 5.72. The Hall–Kier alpha value is -2.14. The Morgan fingerprint density at radius 3 is 2.39 bits per heavy atom. The van der Waals surface area contributed by atoms with E-state index in [4.69, 9.17) is 28.3 Å². The minimum Gasteiger partial charge on any atom is -0.296 e. The van der Waals surface area contributed by atoms with Crippen LogP contribution in [0.1, 0.15) is 28.9 Å². The van der Waals surface area contributed by atoms with Crippen molar-refractivity contribution in [2.45, 2.75) is 19.8 Å². The molecule has 1 fully saturated rings. The number of carbonyl (C=O) groups excluding carboxylic acids is 1. The number of hydrogen-bond donors (Lipinski definition) is 0. The van der Waals surface area contributed by atoms with Crippen LogP contribution in [-0.2, 0) is 0 Å². The second-order valence-electron chi connectivity index (χ2n) is 7.10. The van der Waals surface area contributed by atoms with Crippen LogP contribution in [0.5, 0.6) is 0 Å². The van der Waals surface area contributed by atoms with Gasteiger partial charge in [0, 0.05) is 16.1 Å². The number of hydrogen-bond acceptors (Lipinski definition) is 3. The maximum absolute atomic E-state index is 13.0. The van der Waals surface area contributed by atoms with Gasteiger partial charge in [-0.15, -0.1) is 0 Å². The summed E-state index contributed by atoms with van der Waals surface area (Å²) >= 11 is 12.5. The monoisotopic (exact) mass is 413 g/mol. The lowest BCUT2D eigenvalue weighted by atomic mass is 10.0. The molecule has 6 heteroatoms. The lowest BCUT2D eigenvalue weighted by Crippen LogP contribution is -2.27. The van der Waals surface area contributed by atoms with Crippen LogP contribution in [0.15, 0.2) is 48.5 Å². The van der Waals surface area contributed by atoms with Crippen molar-refractivity contribution in [2.24, 2.45) is 0 Å². The topological polar surface area (TPSA) is 38.1 Å². The molecule has 0 saturated carbocycles. The predicted molar refractivity (Wildman–Crippen MR) is 114 cm³/mol. The molecule has 1 aliphatic rings. The third-order valence-electron chi connectivity index (χ3n) is 5.15. The molecule has 0 unspecified atom stereocenters. The fourth-order valence-electron chi connectivity index (χ4n) is 3.72. The van der Waals surface area contributed by atoms with Crippen molar-refractivity contribution >= 4 is 29.0 Å². The average molecular weight is 414 g/mol. The minimum absolute atomic E-state index is 0.0421. The molecule has 3 aromatic rings. The van der Waals surface area contributed by atoms with Gasteiger partial charge in [0.15, 0.2) is 5.78 Å². The fourth-order valence-corrected chi connectivity index (χ4v) is 4.07. The third kappa shape index (κ3) is 3.72. The first kappa shape index (κ1) is 19.2. The second-order valence-corrected chi connectivity index (χ2v) is 7.94. The number of carbonyl (C=O) groups is 1. The summed E-state index contributed by atoms with van der Waals surface area (Å²) in [6.07, 6.45) is 2.30. The van der Waals surface area contributed by atoms with E-state index in [2.05, 4.69) is 4.90 Å². The molecule has 2 heterocycles. The van der Waals surface area contributed by atoms with Crippen molar-refractivity contribution in [2.75, 3.05) is 19.6 Å². The van der Waals surface area contributed by atoms with Gasteiger partial charge in [0.1, 0.15) is 5.69 Å². The van der Waals surface area contributed by atoms with Crippen LogP contribution < -0.4 is 0 Å². The van der Waals surface area contributed by atoms with Crippen molar-refractivity contribution in [3.05, 3.63) is 69.8 Å². The molecule has 0 N–H and O–H groups in total. The maximum Gasteiger partial charge on any atom is 0.197 e. The van der Waals surface area contributed by atoms with Gasteiger partial charge in [-0.2, -0.15) is 5.10 Å². The number of para-hydroxylation sites is 1. The standard InChI is InChI=1S/C22H21Cl2N3O/c1-15-21(20(28)14-26-12-4-5-13-26)25-27(19-7-3-2-6-18(19)24)22(15)16-8-10-17(23)11-9-16/h2-3,6-11H,4-5,12-14H2,1H3. The predicted octanol–water partition coefficient (Wildman–Crippen LogP) is 5.43. The summed E-state index contributed by atoms with van der Waals surface area (Å²) in [4.78, 5) is 15.2. The highest BCUT2D eigenvalue weighted by Crippen LogP contribution is 2.32. The molecule has 0 bridgehead atoms. The van der Waals surface area contributed by atoms with E-state index >= 15 is 0 Å². The molecule has 1 aromatic heterocycles. The van der Waals surface area contributed by atoms with Crippen molar-refractivity contribution in [1.82, 2.24) is 14.7 Å². The molecule has 144 valence electrons. The smallest absolute Gasteiger partial charge is 0.197 e. The van der Waals surface area contributed by atoms with Crippen LogP contribution in [0.25, 0.3) is 16.9 Å².